The number of urea groups is 1. The first-order valence-corrected chi connectivity index (χ1v) is 10.3. The van der Waals surface area contributed by atoms with E-state index < -0.39 is 6.03 Å². The van der Waals surface area contributed by atoms with Crippen molar-refractivity contribution in [2.75, 3.05) is 11.9 Å². The standard InChI is InChI=1S/C25H25N3O2/c29-24(28-23-12-6-10-20-9-4-5-11-22(20)23)17-26-25(30)27-21-15-13-19(14-16-21)18-7-2-1-3-8-18/h1-5,7-9,11,13-16,23H,6,10,12,17H2,(H,28,29)(H2,26,27,30). The Bertz CT molecular complexity index is 1020. The highest BCUT2D eigenvalue weighted by Gasteiger charge is 2.21. The Hall–Kier alpha value is -3.60. The number of benzene rings is 3. The summed E-state index contributed by atoms with van der Waals surface area (Å²) in [6.07, 6.45) is 3.02. The van der Waals surface area contributed by atoms with E-state index in [-0.39, 0.29) is 18.5 Å². The molecule has 0 heterocycles. The molecule has 5 heteroatoms. The lowest BCUT2D eigenvalue weighted by Gasteiger charge is -2.26. The zero-order chi connectivity index (χ0) is 20.8. The van der Waals surface area contributed by atoms with Gasteiger partial charge in [-0.25, -0.2) is 4.79 Å². The average Bonchev–Trinajstić information content (AvgIpc) is 2.79. The van der Waals surface area contributed by atoms with Crippen LogP contribution < -0.4 is 16.0 Å². The molecule has 0 aliphatic heterocycles. The van der Waals surface area contributed by atoms with Crippen molar-refractivity contribution in [3.05, 3.63) is 90.0 Å². The number of fused-ring (bicyclic) bond motifs is 1. The molecule has 3 aromatic rings. The number of aryl methyl sites for hydroxylation is 1. The van der Waals surface area contributed by atoms with Crippen molar-refractivity contribution >= 4 is 17.6 Å². The minimum absolute atomic E-state index is 0.0119. The fraction of sp³-hybridized carbons (Fsp3) is 0.200. The molecule has 4 rings (SSSR count). The van der Waals surface area contributed by atoms with Gasteiger partial charge in [-0.1, -0.05) is 66.7 Å². The van der Waals surface area contributed by atoms with Gasteiger partial charge in [-0.15, -0.1) is 0 Å². The van der Waals surface area contributed by atoms with Crippen LogP contribution in [0.5, 0.6) is 0 Å². The van der Waals surface area contributed by atoms with E-state index in [0.717, 1.165) is 30.4 Å². The molecule has 152 valence electrons. The maximum absolute atomic E-state index is 12.3. The molecular weight excluding hydrogens is 374 g/mol. The minimum Gasteiger partial charge on any atom is -0.348 e. The van der Waals surface area contributed by atoms with Gasteiger partial charge in [0.05, 0.1) is 12.6 Å². The Balaban J connectivity index is 1.26. The maximum atomic E-state index is 12.3. The summed E-state index contributed by atoms with van der Waals surface area (Å²) in [6.45, 7) is -0.0629. The lowest BCUT2D eigenvalue weighted by Crippen LogP contribution is -2.40. The Morgan fingerprint density at radius 2 is 1.53 bits per heavy atom. The Kier molecular flexibility index (Phi) is 6.09. The third-order valence-electron chi connectivity index (χ3n) is 5.36. The van der Waals surface area contributed by atoms with Gasteiger partial charge in [0.2, 0.25) is 5.91 Å². The summed E-state index contributed by atoms with van der Waals surface area (Å²) < 4.78 is 0. The number of hydrogen-bond donors (Lipinski definition) is 3. The molecule has 1 unspecified atom stereocenters. The van der Waals surface area contributed by atoms with Crippen LogP contribution in [-0.4, -0.2) is 18.5 Å². The van der Waals surface area contributed by atoms with Gasteiger partial charge in [0.1, 0.15) is 0 Å². The van der Waals surface area contributed by atoms with E-state index >= 15 is 0 Å². The zero-order valence-electron chi connectivity index (χ0n) is 16.7. The highest BCUT2D eigenvalue weighted by Crippen LogP contribution is 2.29. The van der Waals surface area contributed by atoms with E-state index in [9.17, 15) is 9.59 Å². The van der Waals surface area contributed by atoms with E-state index in [1.54, 1.807) is 0 Å². The fourth-order valence-electron chi connectivity index (χ4n) is 3.86. The van der Waals surface area contributed by atoms with Crippen LogP contribution >= 0.6 is 0 Å². The molecule has 3 N–H and O–H groups in total. The van der Waals surface area contributed by atoms with Crippen molar-refractivity contribution in [3.63, 3.8) is 0 Å². The second kappa shape index (κ2) is 9.27. The molecule has 3 amide bonds. The second-order valence-electron chi connectivity index (χ2n) is 7.46. The largest absolute Gasteiger partial charge is 0.348 e. The molecule has 0 aromatic heterocycles. The molecule has 0 saturated heterocycles. The van der Waals surface area contributed by atoms with E-state index in [0.29, 0.717) is 5.69 Å². The average molecular weight is 399 g/mol. The van der Waals surface area contributed by atoms with Crippen LogP contribution in [0.25, 0.3) is 11.1 Å². The van der Waals surface area contributed by atoms with Crippen molar-refractivity contribution in [2.24, 2.45) is 0 Å². The summed E-state index contributed by atoms with van der Waals surface area (Å²) in [7, 11) is 0. The van der Waals surface area contributed by atoms with Gasteiger partial charge in [0.25, 0.3) is 0 Å². The minimum atomic E-state index is -0.401. The Labute approximate surface area is 176 Å². The highest BCUT2D eigenvalue weighted by atomic mass is 16.2. The molecule has 1 atom stereocenters. The van der Waals surface area contributed by atoms with Crippen LogP contribution in [0.4, 0.5) is 10.5 Å². The molecule has 3 aromatic carbocycles. The van der Waals surface area contributed by atoms with Gasteiger partial charge < -0.3 is 16.0 Å². The first kappa shape index (κ1) is 19.7. The maximum Gasteiger partial charge on any atom is 0.319 e. The molecular formula is C25H25N3O2. The first-order valence-electron chi connectivity index (χ1n) is 10.3. The molecule has 0 saturated carbocycles. The van der Waals surface area contributed by atoms with Crippen LogP contribution in [0.15, 0.2) is 78.9 Å². The summed E-state index contributed by atoms with van der Waals surface area (Å²) in [6, 6.07) is 25.5. The summed E-state index contributed by atoms with van der Waals surface area (Å²) >= 11 is 0. The fourth-order valence-corrected chi connectivity index (χ4v) is 3.86. The molecule has 0 radical (unpaired) electrons. The summed E-state index contributed by atoms with van der Waals surface area (Å²) in [4.78, 5) is 24.5. The number of rotatable bonds is 5. The summed E-state index contributed by atoms with van der Waals surface area (Å²) in [5.41, 5.74) is 5.34. The number of amides is 3. The summed E-state index contributed by atoms with van der Waals surface area (Å²) in [5.74, 6) is -0.189. The van der Waals surface area contributed by atoms with Crippen LogP contribution in [-0.2, 0) is 11.2 Å². The lowest BCUT2D eigenvalue weighted by molar-refractivity contribution is -0.120. The monoisotopic (exact) mass is 399 g/mol. The van der Waals surface area contributed by atoms with Crippen molar-refractivity contribution in [2.45, 2.75) is 25.3 Å². The van der Waals surface area contributed by atoms with Gasteiger partial charge >= 0.3 is 6.03 Å². The molecule has 1 aliphatic carbocycles. The number of carbonyl (C=O) groups excluding carboxylic acids is 2. The smallest absolute Gasteiger partial charge is 0.319 e. The van der Waals surface area contributed by atoms with Gasteiger partial charge in [-0.2, -0.15) is 0 Å². The normalized spacial score (nSPS) is 15.0. The van der Waals surface area contributed by atoms with Gasteiger partial charge in [-0.05, 0) is 53.6 Å². The van der Waals surface area contributed by atoms with Crippen molar-refractivity contribution < 1.29 is 9.59 Å². The van der Waals surface area contributed by atoms with E-state index in [1.807, 2.05) is 66.7 Å². The van der Waals surface area contributed by atoms with Gasteiger partial charge in [0.15, 0.2) is 0 Å². The number of nitrogens with one attached hydrogen (secondary N) is 3. The number of anilines is 1. The molecule has 30 heavy (non-hydrogen) atoms. The van der Waals surface area contributed by atoms with Gasteiger partial charge in [-0.3, -0.25) is 4.79 Å². The van der Waals surface area contributed by atoms with Crippen molar-refractivity contribution in [1.82, 2.24) is 10.6 Å². The third kappa shape index (κ3) is 4.87. The van der Waals surface area contributed by atoms with Crippen LogP contribution in [0, 0.1) is 0 Å². The molecule has 0 spiro atoms. The van der Waals surface area contributed by atoms with Crippen LogP contribution in [0.2, 0.25) is 0 Å². The Morgan fingerprint density at radius 3 is 2.33 bits per heavy atom. The molecule has 0 bridgehead atoms. The van der Waals surface area contributed by atoms with Crippen LogP contribution in [0.1, 0.15) is 30.0 Å². The Morgan fingerprint density at radius 1 is 0.833 bits per heavy atom. The quantitative estimate of drug-likeness (QED) is 0.584. The molecule has 5 nitrogen and oxygen atoms in total. The predicted molar refractivity (Wildman–Crippen MR) is 119 cm³/mol. The molecule has 1 aliphatic rings. The van der Waals surface area contributed by atoms with Crippen molar-refractivity contribution in [1.29, 1.82) is 0 Å². The SMILES string of the molecule is O=C(CNC(=O)Nc1ccc(-c2ccccc2)cc1)NC1CCCc2ccccc21. The van der Waals surface area contributed by atoms with E-state index in [2.05, 4.69) is 28.1 Å². The highest BCUT2D eigenvalue weighted by molar-refractivity contribution is 5.92. The third-order valence-corrected chi connectivity index (χ3v) is 5.36. The number of carbonyl (C=O) groups is 2. The van der Waals surface area contributed by atoms with E-state index in [4.69, 9.17) is 0 Å². The molecule has 0 fully saturated rings. The van der Waals surface area contributed by atoms with Gasteiger partial charge in [0, 0.05) is 5.69 Å². The number of hydrogen-bond acceptors (Lipinski definition) is 2. The zero-order valence-corrected chi connectivity index (χ0v) is 16.7. The van der Waals surface area contributed by atoms with Crippen molar-refractivity contribution in [3.8, 4) is 11.1 Å². The predicted octanol–water partition coefficient (Wildman–Crippen LogP) is 4.67. The lowest BCUT2D eigenvalue weighted by atomic mass is 9.88. The second-order valence-corrected chi connectivity index (χ2v) is 7.46. The van der Waals surface area contributed by atoms with E-state index in [1.165, 1.54) is 11.1 Å². The summed E-state index contributed by atoms with van der Waals surface area (Å²) in [5, 5.41) is 8.43. The topological polar surface area (TPSA) is 70.2 Å². The van der Waals surface area contributed by atoms with Crippen LogP contribution in [0.3, 0.4) is 0 Å². The first-order chi connectivity index (χ1) is 14.7.